The second-order valence-corrected chi connectivity index (χ2v) is 5.54. The van der Waals surface area contributed by atoms with Gasteiger partial charge in [-0.3, -0.25) is 0 Å². The first-order valence-corrected chi connectivity index (χ1v) is 7.58. The smallest absolute Gasteiger partial charge is 0.419 e. The molecule has 112 valence electrons. The Balaban J connectivity index is 2.44. The van der Waals surface area contributed by atoms with Crippen LogP contribution in [0.1, 0.15) is 11.1 Å². The lowest BCUT2D eigenvalue weighted by atomic mass is 10.1. The highest BCUT2D eigenvalue weighted by molar-refractivity contribution is 9.08. The van der Waals surface area contributed by atoms with E-state index in [0.29, 0.717) is 15.9 Å². The highest BCUT2D eigenvalue weighted by Crippen LogP contribution is 2.40. The molecule has 0 saturated carbocycles. The molecule has 0 atom stereocenters. The van der Waals surface area contributed by atoms with E-state index in [0.717, 1.165) is 6.07 Å². The normalized spacial score (nSPS) is 11.5. The van der Waals surface area contributed by atoms with Gasteiger partial charge >= 0.3 is 6.18 Å². The summed E-state index contributed by atoms with van der Waals surface area (Å²) >= 11 is 14.8. The number of hydrogen-bond donors (Lipinski definition) is 0. The molecular weight excluding hydrogens is 392 g/mol. The van der Waals surface area contributed by atoms with Crippen LogP contribution in [-0.2, 0) is 11.5 Å². The van der Waals surface area contributed by atoms with Crippen LogP contribution in [-0.4, -0.2) is 0 Å². The molecule has 0 N–H and O–H groups in total. The molecule has 0 spiro atoms. The van der Waals surface area contributed by atoms with Gasteiger partial charge in [-0.15, -0.1) is 0 Å². The number of alkyl halides is 4. The Morgan fingerprint density at radius 2 is 1.67 bits per heavy atom. The summed E-state index contributed by atoms with van der Waals surface area (Å²) in [5, 5.41) is 0.830. The van der Waals surface area contributed by atoms with E-state index in [2.05, 4.69) is 15.9 Å². The second-order valence-electron chi connectivity index (χ2n) is 4.14. The molecule has 0 fully saturated rings. The van der Waals surface area contributed by atoms with Crippen LogP contribution >= 0.6 is 39.1 Å². The molecule has 7 heteroatoms. The SMILES string of the molecule is FC(F)(F)c1cc(CBr)ccc1Oc1ccc(Cl)cc1Cl. The van der Waals surface area contributed by atoms with Crippen LogP contribution in [0.5, 0.6) is 11.5 Å². The van der Waals surface area contributed by atoms with E-state index in [1.165, 1.54) is 24.3 Å². The summed E-state index contributed by atoms with van der Waals surface area (Å²) < 4.78 is 44.5. The summed E-state index contributed by atoms with van der Waals surface area (Å²) in [5.74, 6) is -0.199. The van der Waals surface area contributed by atoms with Gasteiger partial charge in [0.1, 0.15) is 11.5 Å². The van der Waals surface area contributed by atoms with Crippen molar-refractivity contribution in [2.24, 2.45) is 0 Å². The average molecular weight is 400 g/mol. The quantitative estimate of drug-likeness (QED) is 0.521. The standard InChI is InChI=1S/C14H8BrCl2F3O/c15-7-8-1-3-12(10(5-8)14(18,19)20)21-13-4-2-9(16)6-11(13)17/h1-6H,7H2. The molecule has 0 amide bonds. The fourth-order valence-electron chi connectivity index (χ4n) is 1.65. The molecule has 0 aromatic heterocycles. The third-order valence-electron chi connectivity index (χ3n) is 2.62. The van der Waals surface area contributed by atoms with E-state index in [-0.39, 0.29) is 16.5 Å². The van der Waals surface area contributed by atoms with Gasteiger partial charge in [-0.25, -0.2) is 0 Å². The largest absolute Gasteiger partial charge is 0.455 e. The molecule has 0 aliphatic heterocycles. The first-order chi connectivity index (χ1) is 9.81. The van der Waals surface area contributed by atoms with Crippen molar-refractivity contribution in [1.82, 2.24) is 0 Å². The summed E-state index contributed by atoms with van der Waals surface area (Å²) in [7, 11) is 0. The highest BCUT2D eigenvalue weighted by atomic mass is 79.9. The lowest BCUT2D eigenvalue weighted by Gasteiger charge is -2.15. The van der Waals surface area contributed by atoms with Gasteiger partial charge in [0.25, 0.3) is 0 Å². The summed E-state index contributed by atoms with van der Waals surface area (Å²) in [4.78, 5) is 0. The molecule has 0 unspecified atom stereocenters. The Kier molecular flexibility index (Phi) is 5.07. The molecular formula is C14H8BrCl2F3O. The molecule has 2 aromatic carbocycles. The van der Waals surface area contributed by atoms with E-state index in [1.807, 2.05) is 0 Å². The third-order valence-corrected chi connectivity index (χ3v) is 3.80. The fraction of sp³-hybridized carbons (Fsp3) is 0.143. The van der Waals surface area contributed by atoms with Crippen LogP contribution in [0.4, 0.5) is 13.2 Å². The van der Waals surface area contributed by atoms with Crippen LogP contribution in [0.25, 0.3) is 0 Å². The molecule has 0 saturated heterocycles. The Bertz CT molecular complexity index is 659. The number of hydrogen-bond acceptors (Lipinski definition) is 1. The fourth-order valence-corrected chi connectivity index (χ4v) is 2.44. The minimum absolute atomic E-state index is 0.109. The molecule has 0 heterocycles. The summed E-state index contributed by atoms with van der Waals surface area (Å²) in [6, 6.07) is 8.16. The van der Waals surface area contributed by atoms with Crippen molar-refractivity contribution in [2.75, 3.05) is 0 Å². The monoisotopic (exact) mass is 398 g/mol. The molecule has 21 heavy (non-hydrogen) atoms. The first kappa shape index (κ1) is 16.5. The lowest BCUT2D eigenvalue weighted by molar-refractivity contribution is -0.138. The van der Waals surface area contributed by atoms with Crippen LogP contribution in [0.2, 0.25) is 10.0 Å². The molecule has 1 nitrogen and oxygen atoms in total. The summed E-state index contributed by atoms with van der Waals surface area (Å²) in [5.41, 5.74) is -0.359. The van der Waals surface area contributed by atoms with Crippen molar-refractivity contribution in [2.45, 2.75) is 11.5 Å². The molecule has 2 rings (SSSR count). The maximum atomic E-state index is 13.1. The Hall–Kier alpha value is -0.910. The van der Waals surface area contributed by atoms with Gasteiger partial charge in [0.15, 0.2) is 0 Å². The molecule has 0 aliphatic carbocycles. The van der Waals surface area contributed by atoms with Crippen LogP contribution in [0, 0.1) is 0 Å². The van der Waals surface area contributed by atoms with Gasteiger partial charge in [-0.1, -0.05) is 45.2 Å². The Morgan fingerprint density at radius 3 is 2.24 bits per heavy atom. The van der Waals surface area contributed by atoms with E-state index in [9.17, 15) is 13.2 Å². The second kappa shape index (κ2) is 6.46. The molecule has 0 bridgehead atoms. The van der Waals surface area contributed by atoms with E-state index in [4.69, 9.17) is 27.9 Å². The number of ether oxygens (including phenoxy) is 1. The van der Waals surface area contributed by atoms with Gasteiger partial charge in [0.2, 0.25) is 0 Å². The lowest BCUT2D eigenvalue weighted by Crippen LogP contribution is -2.08. The van der Waals surface area contributed by atoms with Crippen molar-refractivity contribution in [3.8, 4) is 11.5 Å². The minimum Gasteiger partial charge on any atom is -0.455 e. The van der Waals surface area contributed by atoms with Gasteiger partial charge in [0.05, 0.1) is 10.6 Å². The predicted molar refractivity (Wildman–Crippen MR) is 80.6 cm³/mol. The van der Waals surface area contributed by atoms with Crippen LogP contribution in [0.3, 0.4) is 0 Å². The van der Waals surface area contributed by atoms with Crippen molar-refractivity contribution in [3.05, 3.63) is 57.6 Å². The number of rotatable bonds is 3. The third kappa shape index (κ3) is 4.05. The predicted octanol–water partition coefficient (Wildman–Crippen LogP) is 6.70. The number of benzene rings is 2. The summed E-state index contributed by atoms with van der Waals surface area (Å²) in [6.45, 7) is 0. The Morgan fingerprint density at radius 1 is 1.00 bits per heavy atom. The van der Waals surface area contributed by atoms with Crippen LogP contribution < -0.4 is 4.74 Å². The van der Waals surface area contributed by atoms with E-state index < -0.39 is 11.7 Å². The van der Waals surface area contributed by atoms with Crippen molar-refractivity contribution >= 4 is 39.1 Å². The van der Waals surface area contributed by atoms with Crippen LogP contribution in [0.15, 0.2) is 36.4 Å². The van der Waals surface area contributed by atoms with Gasteiger partial charge < -0.3 is 4.74 Å². The van der Waals surface area contributed by atoms with Crippen molar-refractivity contribution in [3.63, 3.8) is 0 Å². The maximum Gasteiger partial charge on any atom is 0.419 e. The zero-order valence-corrected chi connectivity index (χ0v) is 13.4. The van der Waals surface area contributed by atoms with Crippen molar-refractivity contribution < 1.29 is 17.9 Å². The molecule has 0 aliphatic rings. The maximum absolute atomic E-state index is 13.1. The molecule has 2 aromatic rings. The summed E-state index contributed by atoms with van der Waals surface area (Å²) in [6.07, 6.45) is -4.52. The zero-order chi connectivity index (χ0) is 15.6. The average Bonchev–Trinajstić information content (AvgIpc) is 2.41. The van der Waals surface area contributed by atoms with Crippen molar-refractivity contribution in [1.29, 1.82) is 0 Å². The molecule has 0 radical (unpaired) electrons. The number of halogens is 6. The van der Waals surface area contributed by atoms with E-state index in [1.54, 1.807) is 6.07 Å². The van der Waals surface area contributed by atoms with E-state index >= 15 is 0 Å². The van der Waals surface area contributed by atoms with Gasteiger partial charge in [-0.2, -0.15) is 13.2 Å². The van der Waals surface area contributed by atoms with Gasteiger partial charge in [-0.05, 0) is 35.9 Å². The zero-order valence-electron chi connectivity index (χ0n) is 10.3. The van der Waals surface area contributed by atoms with Gasteiger partial charge in [0, 0.05) is 10.4 Å². The highest BCUT2D eigenvalue weighted by Gasteiger charge is 2.35. The minimum atomic E-state index is -4.52. The topological polar surface area (TPSA) is 9.23 Å². The Labute approximate surface area is 137 Å². The first-order valence-electron chi connectivity index (χ1n) is 5.70.